The molecule has 3 aromatic rings. The van der Waals surface area contributed by atoms with Crippen LogP contribution in [0.4, 0.5) is 0 Å². The van der Waals surface area contributed by atoms with Gasteiger partial charge in [0.1, 0.15) is 5.82 Å². The van der Waals surface area contributed by atoms with Crippen molar-refractivity contribution in [3.8, 4) is 11.4 Å². The Morgan fingerprint density at radius 2 is 1.93 bits per heavy atom. The lowest BCUT2D eigenvalue weighted by Crippen LogP contribution is -2.30. The Kier molecular flexibility index (Phi) is 5.60. The van der Waals surface area contributed by atoms with Gasteiger partial charge >= 0.3 is 0 Å². The third-order valence-electron chi connectivity index (χ3n) is 4.61. The average molecular weight is 383 g/mol. The monoisotopic (exact) mass is 383 g/mol. The largest absolute Gasteiger partial charge is 0.483 e. The van der Waals surface area contributed by atoms with Crippen molar-refractivity contribution >= 4 is 6.47 Å². The van der Waals surface area contributed by atoms with Crippen molar-refractivity contribution in [2.24, 2.45) is 0 Å². The topological polar surface area (TPSA) is 106 Å². The SMILES string of the molecule is CC(C)(O)Cn1nc(-c2ccccc2)nc1C1(Cn2ccnc2)CC1.O=CO. The second-order valence-corrected chi connectivity index (χ2v) is 7.72. The summed E-state index contributed by atoms with van der Waals surface area (Å²) in [6.07, 6.45) is 7.77. The molecule has 1 fully saturated rings. The number of nitrogens with zero attached hydrogens (tertiary/aromatic N) is 5. The number of rotatable bonds is 6. The highest BCUT2D eigenvalue weighted by molar-refractivity contribution is 5.54. The van der Waals surface area contributed by atoms with E-state index in [1.54, 1.807) is 20.0 Å². The van der Waals surface area contributed by atoms with E-state index >= 15 is 0 Å². The molecule has 2 aromatic heterocycles. The highest BCUT2D eigenvalue weighted by Crippen LogP contribution is 2.49. The summed E-state index contributed by atoms with van der Waals surface area (Å²) in [7, 11) is 0. The van der Waals surface area contributed by atoms with Crippen LogP contribution in [0.15, 0.2) is 49.1 Å². The molecule has 0 amide bonds. The van der Waals surface area contributed by atoms with Gasteiger partial charge in [0.25, 0.3) is 6.47 Å². The van der Waals surface area contributed by atoms with Crippen LogP contribution in [0.5, 0.6) is 0 Å². The number of imidazole rings is 1. The smallest absolute Gasteiger partial charge is 0.290 e. The zero-order valence-corrected chi connectivity index (χ0v) is 16.1. The fourth-order valence-corrected chi connectivity index (χ4v) is 3.25. The maximum Gasteiger partial charge on any atom is 0.290 e. The summed E-state index contributed by atoms with van der Waals surface area (Å²) in [4.78, 5) is 17.4. The van der Waals surface area contributed by atoms with E-state index in [9.17, 15) is 5.11 Å². The molecule has 0 radical (unpaired) electrons. The van der Waals surface area contributed by atoms with Crippen molar-refractivity contribution in [2.75, 3.05) is 0 Å². The zero-order chi connectivity index (χ0) is 20.2. The molecule has 0 aliphatic heterocycles. The predicted octanol–water partition coefficient (Wildman–Crippen LogP) is 2.35. The van der Waals surface area contributed by atoms with Crippen LogP contribution in [0, 0.1) is 0 Å². The Hall–Kier alpha value is -3.00. The normalized spacial score (nSPS) is 14.8. The molecule has 0 saturated heterocycles. The maximum atomic E-state index is 10.3. The summed E-state index contributed by atoms with van der Waals surface area (Å²) in [6.45, 7) is 4.62. The number of hydrogen-bond donors (Lipinski definition) is 2. The van der Waals surface area contributed by atoms with E-state index in [4.69, 9.17) is 20.0 Å². The van der Waals surface area contributed by atoms with E-state index < -0.39 is 5.60 Å². The Morgan fingerprint density at radius 1 is 1.25 bits per heavy atom. The summed E-state index contributed by atoms with van der Waals surface area (Å²) in [6, 6.07) is 10.00. The maximum absolute atomic E-state index is 10.3. The van der Waals surface area contributed by atoms with Crippen LogP contribution in [-0.4, -0.2) is 46.6 Å². The molecule has 28 heavy (non-hydrogen) atoms. The molecule has 1 aliphatic rings. The van der Waals surface area contributed by atoms with Crippen molar-refractivity contribution in [3.05, 3.63) is 54.9 Å². The number of carbonyl (C=O) groups is 1. The Bertz CT molecular complexity index is 894. The van der Waals surface area contributed by atoms with E-state index in [-0.39, 0.29) is 11.9 Å². The second-order valence-electron chi connectivity index (χ2n) is 7.72. The minimum atomic E-state index is -0.846. The first-order valence-electron chi connectivity index (χ1n) is 9.14. The Labute approximate surface area is 163 Å². The minimum absolute atomic E-state index is 0.0218. The summed E-state index contributed by atoms with van der Waals surface area (Å²) in [5, 5.41) is 21.9. The lowest BCUT2D eigenvalue weighted by atomic mass is 10.1. The number of carboxylic acid groups (broad SMARTS) is 1. The van der Waals surface area contributed by atoms with Crippen LogP contribution in [0.1, 0.15) is 32.5 Å². The van der Waals surface area contributed by atoms with Crippen molar-refractivity contribution in [1.29, 1.82) is 0 Å². The zero-order valence-electron chi connectivity index (χ0n) is 16.1. The first-order chi connectivity index (χ1) is 13.4. The van der Waals surface area contributed by atoms with Gasteiger partial charge in [0.15, 0.2) is 5.82 Å². The van der Waals surface area contributed by atoms with E-state index in [1.807, 2.05) is 47.5 Å². The molecule has 0 unspecified atom stereocenters. The summed E-state index contributed by atoms with van der Waals surface area (Å²) in [5.41, 5.74) is 0.129. The van der Waals surface area contributed by atoms with Gasteiger partial charge in [-0.2, -0.15) is 5.10 Å². The molecule has 2 N–H and O–H groups in total. The molecule has 1 aromatic carbocycles. The van der Waals surface area contributed by atoms with Gasteiger partial charge in [0.2, 0.25) is 0 Å². The molecular formula is C20H25N5O3. The molecule has 8 heteroatoms. The number of hydrogen-bond acceptors (Lipinski definition) is 5. The highest BCUT2D eigenvalue weighted by atomic mass is 16.3. The van der Waals surface area contributed by atoms with Crippen LogP contribution in [-0.2, 0) is 23.3 Å². The van der Waals surface area contributed by atoms with Gasteiger partial charge in [-0.3, -0.25) is 4.79 Å². The van der Waals surface area contributed by atoms with Gasteiger partial charge in [-0.05, 0) is 26.7 Å². The summed E-state index contributed by atoms with van der Waals surface area (Å²) < 4.78 is 3.99. The van der Waals surface area contributed by atoms with E-state index in [1.165, 1.54) is 0 Å². The lowest BCUT2D eigenvalue weighted by molar-refractivity contribution is -0.122. The number of benzene rings is 1. The van der Waals surface area contributed by atoms with Crippen LogP contribution < -0.4 is 0 Å². The van der Waals surface area contributed by atoms with Crippen LogP contribution in [0.25, 0.3) is 11.4 Å². The first kappa shape index (κ1) is 19.8. The third kappa shape index (κ3) is 4.64. The lowest BCUT2D eigenvalue weighted by Gasteiger charge is -2.21. The van der Waals surface area contributed by atoms with Gasteiger partial charge in [0, 0.05) is 29.9 Å². The number of aromatic nitrogens is 5. The first-order valence-corrected chi connectivity index (χ1v) is 9.14. The van der Waals surface area contributed by atoms with Crippen molar-refractivity contribution in [2.45, 2.75) is 50.8 Å². The standard InChI is InChI=1S/C19H23N5O.CH2O2/c1-18(2,25)12-24-17(19(8-9-19)13-23-11-10-20-14-23)21-16(22-24)15-6-4-3-5-7-15;2-1-3/h3-7,10-11,14,25H,8-9,12-13H2,1-2H3;1H,(H,2,3). The van der Waals surface area contributed by atoms with Gasteiger partial charge in [-0.15, -0.1) is 0 Å². The molecule has 0 atom stereocenters. The fourth-order valence-electron chi connectivity index (χ4n) is 3.25. The van der Waals surface area contributed by atoms with Crippen molar-refractivity contribution in [1.82, 2.24) is 24.3 Å². The molecule has 8 nitrogen and oxygen atoms in total. The van der Waals surface area contributed by atoms with Gasteiger partial charge in [-0.25, -0.2) is 14.6 Å². The summed E-state index contributed by atoms with van der Waals surface area (Å²) in [5.74, 6) is 1.68. The average Bonchev–Trinajstić information content (AvgIpc) is 3.04. The number of aliphatic hydroxyl groups is 1. The quantitative estimate of drug-likeness (QED) is 0.633. The molecule has 148 valence electrons. The van der Waals surface area contributed by atoms with Crippen molar-refractivity contribution in [3.63, 3.8) is 0 Å². The van der Waals surface area contributed by atoms with Crippen LogP contribution in [0.3, 0.4) is 0 Å². The fraction of sp³-hybridized carbons (Fsp3) is 0.400. The molecule has 0 bridgehead atoms. The predicted molar refractivity (Wildman–Crippen MR) is 104 cm³/mol. The molecule has 2 heterocycles. The Morgan fingerprint density at radius 3 is 2.46 bits per heavy atom. The van der Waals surface area contributed by atoms with Crippen LogP contribution >= 0.6 is 0 Å². The summed E-state index contributed by atoms with van der Waals surface area (Å²) >= 11 is 0. The molecule has 4 rings (SSSR count). The molecular weight excluding hydrogens is 358 g/mol. The minimum Gasteiger partial charge on any atom is -0.483 e. The van der Waals surface area contributed by atoms with Gasteiger partial charge in [0.05, 0.1) is 18.5 Å². The van der Waals surface area contributed by atoms with E-state index in [0.29, 0.717) is 6.54 Å². The molecule has 1 saturated carbocycles. The Balaban J connectivity index is 0.000000706. The van der Waals surface area contributed by atoms with Gasteiger partial charge < -0.3 is 14.8 Å². The van der Waals surface area contributed by atoms with Crippen molar-refractivity contribution < 1.29 is 15.0 Å². The second kappa shape index (κ2) is 7.93. The van der Waals surface area contributed by atoms with E-state index in [0.717, 1.165) is 36.6 Å². The van der Waals surface area contributed by atoms with Crippen LogP contribution in [0.2, 0.25) is 0 Å². The molecule has 0 spiro atoms. The van der Waals surface area contributed by atoms with E-state index in [2.05, 4.69) is 9.55 Å². The molecule has 1 aliphatic carbocycles. The third-order valence-corrected chi connectivity index (χ3v) is 4.61. The highest BCUT2D eigenvalue weighted by Gasteiger charge is 2.49. The van der Waals surface area contributed by atoms with Gasteiger partial charge in [-0.1, -0.05) is 30.3 Å².